The van der Waals surface area contributed by atoms with Gasteiger partial charge >= 0.3 is 29.6 Å². The molecule has 6 rings (SSSR count). The molecule has 2 fully saturated rings. The van der Waals surface area contributed by atoms with Crippen molar-refractivity contribution in [2.75, 3.05) is 26.3 Å². The van der Waals surface area contributed by atoms with Gasteiger partial charge in [0.05, 0.1) is 49.9 Å². The van der Waals surface area contributed by atoms with E-state index in [-0.39, 0.29) is 84.1 Å². The number of halogens is 1. The van der Waals surface area contributed by atoms with Crippen LogP contribution in [-0.4, -0.2) is 146 Å². The van der Waals surface area contributed by atoms with Crippen LogP contribution < -0.4 is 40.6 Å². The van der Waals surface area contributed by atoms with Crippen molar-refractivity contribution in [1.29, 1.82) is 0 Å². The average molecular weight is 1090 g/mol. The van der Waals surface area contributed by atoms with Crippen LogP contribution in [0.15, 0.2) is 90.1 Å². The Morgan fingerprint density at radius 1 is 0.653 bits per heavy atom. The van der Waals surface area contributed by atoms with E-state index in [1.807, 2.05) is 60.7 Å². The van der Waals surface area contributed by atoms with Gasteiger partial charge in [-0.1, -0.05) is 85.1 Å². The fraction of sp³-hybridized carbons (Fsp3) is 0.558. The van der Waals surface area contributed by atoms with Crippen molar-refractivity contribution in [3.63, 3.8) is 0 Å². The Bertz CT molecular complexity index is 2090. The number of unbranched alkanes of at least 4 members (excludes halogenated alkanes) is 6. The zero-order valence-electron chi connectivity index (χ0n) is 43.8. The first-order valence-electron chi connectivity index (χ1n) is 24.4. The number of Topliss-reactive ketones (excluding diaryl/α,β-unsaturated/α-hetero) is 1. The van der Waals surface area contributed by atoms with E-state index in [4.69, 9.17) is 39.6 Å². The molecule has 0 spiro atoms. The van der Waals surface area contributed by atoms with E-state index in [2.05, 4.69) is 9.99 Å². The fourth-order valence-electron chi connectivity index (χ4n) is 7.95. The van der Waals surface area contributed by atoms with Crippen LogP contribution >= 0.6 is 12.4 Å². The van der Waals surface area contributed by atoms with E-state index < -0.39 is 60.0 Å². The second-order valence-corrected chi connectivity index (χ2v) is 17.7. The van der Waals surface area contributed by atoms with Crippen molar-refractivity contribution in [1.82, 2.24) is 9.80 Å². The predicted octanol–water partition coefficient (Wildman–Crippen LogP) is -0.129. The first kappa shape index (κ1) is 68.7. The van der Waals surface area contributed by atoms with Crippen LogP contribution in [-0.2, 0) is 70.6 Å². The number of nitrogens with two attached hydrogens (primary N) is 1. The molecular formula is C52H74ClN4NaO17. The minimum Gasteiger partial charge on any atom is -0.550 e. The Morgan fingerprint density at radius 3 is 1.37 bits per heavy atom. The summed E-state index contributed by atoms with van der Waals surface area (Å²) in [6.45, 7) is 9.59. The Morgan fingerprint density at radius 2 is 1.01 bits per heavy atom. The third kappa shape index (κ3) is 22.7. The monoisotopic (exact) mass is 1080 g/mol. The number of rotatable bonds is 23. The van der Waals surface area contributed by atoms with E-state index in [0.29, 0.717) is 39.5 Å². The third-order valence-corrected chi connectivity index (χ3v) is 12.3. The number of hydrogen-bond donors (Lipinski definition) is 5. The maximum absolute atomic E-state index is 11.5. The van der Waals surface area contributed by atoms with Gasteiger partial charge in [-0.05, 0) is 77.8 Å². The van der Waals surface area contributed by atoms with E-state index >= 15 is 0 Å². The minimum absolute atomic E-state index is 0. The van der Waals surface area contributed by atoms with Crippen molar-refractivity contribution >= 4 is 53.5 Å². The number of hydrogen-bond acceptors (Lipinski definition) is 19. The van der Waals surface area contributed by atoms with Crippen LogP contribution in [0.3, 0.4) is 0 Å². The van der Waals surface area contributed by atoms with Gasteiger partial charge in [-0.15, -0.1) is 12.4 Å². The maximum Gasteiger partial charge on any atom is 1.00 e. The first-order valence-corrected chi connectivity index (χ1v) is 24.4. The molecule has 0 aliphatic carbocycles. The number of carbonyl (C=O) groups excluding carboxylic acids is 6. The number of nitrogens with zero attached hydrogens (tertiary/aromatic N) is 3. The molecule has 23 heteroatoms. The zero-order valence-corrected chi connectivity index (χ0v) is 46.6. The number of carbonyl (C=O) groups is 6. The van der Waals surface area contributed by atoms with Gasteiger partial charge in [0.1, 0.15) is 6.61 Å². The number of aliphatic hydroxyl groups excluding tert-OH is 2. The molecule has 6 N–H and O–H groups in total. The summed E-state index contributed by atoms with van der Waals surface area (Å²) in [5.74, 6) is 2.37. The fourth-order valence-corrected chi connectivity index (χ4v) is 7.95. The molecule has 0 bridgehead atoms. The molecule has 21 nitrogen and oxygen atoms in total. The molecule has 8 atom stereocenters. The van der Waals surface area contributed by atoms with E-state index in [1.54, 1.807) is 20.8 Å². The second-order valence-electron chi connectivity index (χ2n) is 17.7. The number of carboxylic acid groups (broad SMARTS) is 1. The summed E-state index contributed by atoms with van der Waals surface area (Å²) in [6.07, 6.45) is 7.12. The van der Waals surface area contributed by atoms with Crippen molar-refractivity contribution in [2.45, 2.75) is 160 Å². The average Bonchev–Trinajstić information content (AvgIpc) is 3.86. The van der Waals surface area contributed by atoms with Crippen LogP contribution in [0.4, 0.5) is 0 Å². The minimum atomic E-state index is -1.85. The summed E-state index contributed by atoms with van der Waals surface area (Å²) in [5, 5.41) is 54.9. The first-order chi connectivity index (χ1) is 34.7. The Balaban J connectivity index is 0.000000582. The van der Waals surface area contributed by atoms with Gasteiger partial charge in [-0.2, -0.15) is 0 Å². The topological polar surface area (TPSA) is 307 Å². The molecule has 0 aromatic heterocycles. The van der Waals surface area contributed by atoms with Crippen LogP contribution in [0.5, 0.6) is 0 Å². The molecule has 0 radical (unpaired) electrons. The molecule has 4 heterocycles. The summed E-state index contributed by atoms with van der Waals surface area (Å²) in [4.78, 5) is 77.9. The number of ketones is 1. The van der Waals surface area contributed by atoms with Crippen LogP contribution in [0.1, 0.15) is 110 Å². The Hall–Kier alpha value is -4.30. The Labute approximate surface area is 467 Å². The molecule has 2 aromatic carbocycles. The van der Waals surface area contributed by atoms with Crippen molar-refractivity contribution in [3.8, 4) is 0 Å². The molecule has 4 aliphatic heterocycles. The summed E-state index contributed by atoms with van der Waals surface area (Å²) >= 11 is 0. The molecule has 4 aliphatic rings. The normalized spacial score (nSPS) is 24.9. The van der Waals surface area contributed by atoms with Gasteiger partial charge in [-0.3, -0.25) is 33.8 Å². The quantitative estimate of drug-likeness (QED) is 0.0318. The van der Waals surface area contributed by atoms with E-state index in [9.17, 15) is 44.4 Å². The maximum atomic E-state index is 11.5. The number of benzene rings is 2. The standard InChI is InChI=1S/C25H34N2O7.C15H20O5.C10H16N2O3.C2H4O2.ClH.Na/c1-18(26-33-15-9-4-3-8-14-27-22(29)12-13-23(27)30)25(31)19(2)34-24(16-21(25)28)32-17-20-10-6-5-7-11-20;1-10(16)15(18)11(2)20-14(8-13(15)17)19-9-12-6-4-3-5-7-12;11-15-8-4-2-1-3-7-12-9(13)5-6-10(12)14;1-2(3)4;;/h5-7,10-13,19,21,24,28,31H,3-4,8-9,14-17H2,1-2H3;3-7,11,13-14,17-18H,8-9H2,1-2H3;5-6H,1-4,7-8,11H2;1H3,(H,3,4);1H;/q;;;;;+1/p-1/b26-18+;;;;;/t19-,21+,24+,25+;11-,13+,14+,15+;;;;/m00..../s1. The summed E-state index contributed by atoms with van der Waals surface area (Å²) in [5.41, 5.74) is -1.30. The summed E-state index contributed by atoms with van der Waals surface area (Å²) in [6, 6.07) is 19.2. The third-order valence-electron chi connectivity index (χ3n) is 12.3. The summed E-state index contributed by atoms with van der Waals surface area (Å²) in [7, 11) is 0. The number of aliphatic hydroxyl groups is 4. The SMILES string of the molecule is C/C(=N\OCCCCCCN1C(=O)C=CC1=O)[C@]1(O)[C@H](O)C[C@H](OCc2ccccc2)O[C@H]1C.CC(=O)[C@]1(O)[C@H](O)C[C@H](OCc2ccccc2)O[C@H]1C.CC(=O)[O-].Cl.NOCCCCCCN1C(=O)C=CC1=O.[Na+]. The second kappa shape index (κ2) is 35.9. The van der Waals surface area contributed by atoms with Crippen LogP contribution in [0, 0.1) is 0 Å². The molecule has 2 saturated heterocycles. The molecule has 4 amide bonds. The van der Waals surface area contributed by atoms with Crippen molar-refractivity contribution in [3.05, 3.63) is 96.1 Å². The number of ether oxygens (including phenoxy) is 4. The number of carboxylic acids is 1. The van der Waals surface area contributed by atoms with Crippen LogP contribution in [0.2, 0.25) is 0 Å². The van der Waals surface area contributed by atoms with Crippen molar-refractivity contribution < 1.29 is 112 Å². The Kier molecular flexibility index (Phi) is 32.9. The van der Waals surface area contributed by atoms with Crippen LogP contribution in [0.25, 0.3) is 0 Å². The molecule has 75 heavy (non-hydrogen) atoms. The summed E-state index contributed by atoms with van der Waals surface area (Å²) < 4.78 is 22.7. The van der Waals surface area contributed by atoms with E-state index in [0.717, 1.165) is 69.4 Å². The van der Waals surface area contributed by atoms with Crippen molar-refractivity contribution in [2.24, 2.45) is 11.1 Å². The number of amides is 4. The number of imide groups is 2. The molecule has 2 aromatic rings. The van der Waals surface area contributed by atoms with Gasteiger partial charge < -0.3 is 58.9 Å². The number of oxime groups is 1. The number of aliphatic carboxylic acids is 1. The molecular weight excluding hydrogens is 1010 g/mol. The van der Waals surface area contributed by atoms with Gasteiger partial charge in [0.15, 0.2) is 29.6 Å². The predicted molar refractivity (Wildman–Crippen MR) is 269 cm³/mol. The molecule has 412 valence electrons. The van der Waals surface area contributed by atoms with Gasteiger partial charge in [-0.25, -0.2) is 5.90 Å². The van der Waals surface area contributed by atoms with E-state index in [1.165, 1.54) is 41.0 Å². The van der Waals surface area contributed by atoms with Gasteiger partial charge in [0.25, 0.3) is 23.6 Å². The molecule has 0 unspecified atom stereocenters. The largest absolute Gasteiger partial charge is 1.00 e. The van der Waals surface area contributed by atoms with Gasteiger partial charge in [0, 0.05) is 56.2 Å². The smallest absolute Gasteiger partial charge is 0.550 e. The van der Waals surface area contributed by atoms with Gasteiger partial charge in [0.2, 0.25) is 0 Å². The molecule has 0 saturated carbocycles. The zero-order chi connectivity index (χ0) is 54.0.